The first-order valence-electron chi connectivity index (χ1n) is 7.75. The van der Waals surface area contributed by atoms with Gasteiger partial charge in [0.25, 0.3) is 5.91 Å². The highest BCUT2D eigenvalue weighted by atomic mass is 79.9. The van der Waals surface area contributed by atoms with Crippen LogP contribution in [0.25, 0.3) is 0 Å². The number of para-hydroxylation sites is 1. The molecule has 0 fully saturated rings. The van der Waals surface area contributed by atoms with Crippen LogP contribution in [0.4, 0.5) is 0 Å². The summed E-state index contributed by atoms with van der Waals surface area (Å²) in [5.74, 6) is 0.750. The zero-order valence-corrected chi connectivity index (χ0v) is 15.8. The number of hydrogen-bond acceptors (Lipinski definition) is 5. The molecule has 0 aliphatic rings. The third kappa shape index (κ3) is 5.35. The van der Waals surface area contributed by atoms with Crippen molar-refractivity contribution >= 4 is 28.1 Å². The van der Waals surface area contributed by atoms with Crippen LogP contribution in [0, 0.1) is 0 Å². The second-order valence-electron chi connectivity index (χ2n) is 5.23. The van der Waals surface area contributed by atoms with Gasteiger partial charge in [-0.3, -0.25) is 4.79 Å². The highest BCUT2D eigenvalue weighted by Gasteiger charge is 2.08. The van der Waals surface area contributed by atoms with Crippen LogP contribution >= 0.6 is 15.9 Å². The predicted molar refractivity (Wildman–Crippen MR) is 104 cm³/mol. The number of carbonyl (C=O) groups excluding carboxylic acids is 1. The number of aromatic hydroxyl groups is 1. The van der Waals surface area contributed by atoms with Crippen LogP contribution in [0.3, 0.4) is 0 Å². The molecule has 2 N–H and O–H groups in total. The summed E-state index contributed by atoms with van der Waals surface area (Å²) in [6.07, 6.45) is 3.75. The maximum atomic E-state index is 11.9. The summed E-state index contributed by atoms with van der Waals surface area (Å²) in [5.41, 5.74) is 3.70. The summed E-state index contributed by atoms with van der Waals surface area (Å²) in [6.45, 7) is 3.52. The van der Waals surface area contributed by atoms with Gasteiger partial charge in [-0.15, -0.1) is 6.58 Å². The number of nitrogens with zero attached hydrogens (tertiary/aromatic N) is 1. The Morgan fingerprint density at radius 2 is 2.15 bits per heavy atom. The van der Waals surface area contributed by atoms with Crippen LogP contribution in [0.5, 0.6) is 17.2 Å². The monoisotopic (exact) mass is 418 g/mol. The number of rotatable bonds is 8. The molecule has 0 spiro atoms. The Morgan fingerprint density at radius 1 is 1.38 bits per heavy atom. The van der Waals surface area contributed by atoms with Crippen molar-refractivity contribution in [3.05, 3.63) is 64.7 Å². The van der Waals surface area contributed by atoms with Crippen LogP contribution in [0.2, 0.25) is 0 Å². The number of methoxy groups -OCH3 is 1. The van der Waals surface area contributed by atoms with E-state index in [-0.39, 0.29) is 12.4 Å². The van der Waals surface area contributed by atoms with Gasteiger partial charge in [0.05, 0.1) is 17.8 Å². The molecule has 0 radical (unpaired) electrons. The average molecular weight is 419 g/mol. The molecule has 2 aromatic rings. The molecule has 0 unspecified atom stereocenters. The van der Waals surface area contributed by atoms with Crippen molar-refractivity contribution in [2.24, 2.45) is 5.10 Å². The number of hydrazone groups is 1. The second kappa shape index (κ2) is 9.62. The van der Waals surface area contributed by atoms with E-state index in [2.05, 4.69) is 33.0 Å². The molecule has 2 aromatic carbocycles. The number of phenolic OH excluding ortho intramolecular Hbond substituents is 1. The zero-order chi connectivity index (χ0) is 18.9. The highest BCUT2D eigenvalue weighted by molar-refractivity contribution is 9.10. The van der Waals surface area contributed by atoms with Gasteiger partial charge < -0.3 is 14.6 Å². The first-order chi connectivity index (χ1) is 12.5. The molecule has 0 heterocycles. The number of ether oxygens (including phenoxy) is 2. The lowest BCUT2D eigenvalue weighted by molar-refractivity contribution is -0.123. The SMILES string of the molecule is C=CCc1ccccc1OCC(=O)N/N=C/c1cc(OC)cc(Br)c1O. The lowest BCUT2D eigenvalue weighted by Gasteiger charge is -2.09. The molecule has 0 aromatic heterocycles. The topological polar surface area (TPSA) is 80.2 Å². The molecular weight excluding hydrogens is 400 g/mol. The summed E-state index contributed by atoms with van der Waals surface area (Å²) < 4.78 is 11.1. The van der Waals surface area contributed by atoms with Gasteiger partial charge in [-0.25, -0.2) is 5.43 Å². The zero-order valence-electron chi connectivity index (χ0n) is 14.2. The standard InChI is InChI=1S/C19H19BrN2O4/c1-3-6-13-7-4-5-8-17(13)26-12-18(23)22-21-11-14-9-15(25-2)10-16(20)19(14)24/h3-5,7-11,24H,1,6,12H2,2H3,(H,22,23)/b21-11+. The van der Waals surface area contributed by atoms with Crippen LogP contribution in [-0.4, -0.2) is 30.9 Å². The molecule has 2 rings (SSSR count). The minimum atomic E-state index is -0.420. The molecule has 0 aliphatic carbocycles. The maximum Gasteiger partial charge on any atom is 0.277 e. The first kappa shape index (κ1) is 19.5. The number of allylic oxidation sites excluding steroid dienone is 1. The number of phenols is 1. The van der Waals surface area contributed by atoms with Gasteiger partial charge in [0.15, 0.2) is 6.61 Å². The molecule has 0 saturated heterocycles. The molecule has 0 aliphatic heterocycles. The lowest BCUT2D eigenvalue weighted by atomic mass is 10.1. The highest BCUT2D eigenvalue weighted by Crippen LogP contribution is 2.31. The summed E-state index contributed by atoms with van der Waals surface area (Å²) in [7, 11) is 1.52. The van der Waals surface area contributed by atoms with Gasteiger partial charge in [0, 0.05) is 5.56 Å². The van der Waals surface area contributed by atoms with Crippen molar-refractivity contribution in [2.75, 3.05) is 13.7 Å². The van der Waals surface area contributed by atoms with E-state index in [1.807, 2.05) is 18.2 Å². The summed E-state index contributed by atoms with van der Waals surface area (Å²) >= 11 is 3.22. The average Bonchev–Trinajstić information content (AvgIpc) is 2.64. The molecule has 136 valence electrons. The van der Waals surface area contributed by atoms with Gasteiger partial charge in [-0.05, 0) is 46.1 Å². The van der Waals surface area contributed by atoms with Gasteiger partial charge in [0.1, 0.15) is 17.2 Å². The number of amides is 1. The third-order valence-corrected chi connectivity index (χ3v) is 4.00. The molecule has 7 heteroatoms. The predicted octanol–water partition coefficient (Wildman–Crippen LogP) is 3.42. The van der Waals surface area contributed by atoms with E-state index in [1.165, 1.54) is 13.3 Å². The number of halogens is 1. The van der Waals surface area contributed by atoms with Gasteiger partial charge in [-0.1, -0.05) is 24.3 Å². The van der Waals surface area contributed by atoms with E-state index in [1.54, 1.807) is 24.3 Å². The molecule has 6 nitrogen and oxygen atoms in total. The number of nitrogens with one attached hydrogen (secondary N) is 1. The number of benzene rings is 2. The van der Waals surface area contributed by atoms with E-state index in [9.17, 15) is 9.90 Å². The fraction of sp³-hybridized carbons (Fsp3) is 0.158. The minimum absolute atomic E-state index is 0.00148. The molecule has 0 saturated carbocycles. The molecule has 1 amide bonds. The van der Waals surface area contributed by atoms with Crippen molar-refractivity contribution in [3.8, 4) is 17.2 Å². The molecule has 26 heavy (non-hydrogen) atoms. The van der Waals surface area contributed by atoms with Crippen LogP contribution in [0.15, 0.2) is 58.6 Å². The molecule has 0 bridgehead atoms. The maximum absolute atomic E-state index is 11.9. The summed E-state index contributed by atoms with van der Waals surface area (Å²) in [6, 6.07) is 10.7. The fourth-order valence-corrected chi connectivity index (χ4v) is 2.58. The number of hydrogen-bond donors (Lipinski definition) is 2. The Morgan fingerprint density at radius 3 is 2.88 bits per heavy atom. The van der Waals surface area contributed by atoms with Crippen LogP contribution in [-0.2, 0) is 11.2 Å². The smallest absolute Gasteiger partial charge is 0.277 e. The Balaban J connectivity index is 1.94. The Bertz CT molecular complexity index is 821. The molecular formula is C19H19BrN2O4. The molecule has 0 atom stereocenters. The Labute approximate surface area is 160 Å². The van der Waals surface area contributed by atoms with Crippen molar-refractivity contribution in [2.45, 2.75) is 6.42 Å². The fourth-order valence-electron chi connectivity index (χ4n) is 2.13. The summed E-state index contributed by atoms with van der Waals surface area (Å²) in [5, 5.41) is 13.8. The summed E-state index contributed by atoms with van der Waals surface area (Å²) in [4.78, 5) is 11.9. The van der Waals surface area contributed by atoms with Crippen LogP contribution < -0.4 is 14.9 Å². The third-order valence-electron chi connectivity index (χ3n) is 3.39. The second-order valence-corrected chi connectivity index (χ2v) is 6.08. The van der Waals surface area contributed by atoms with Gasteiger partial charge in [0.2, 0.25) is 0 Å². The van der Waals surface area contributed by atoms with E-state index < -0.39 is 5.91 Å². The lowest BCUT2D eigenvalue weighted by Crippen LogP contribution is -2.24. The van der Waals surface area contributed by atoms with Crippen molar-refractivity contribution < 1.29 is 19.4 Å². The quantitative estimate of drug-likeness (QED) is 0.391. The van der Waals surface area contributed by atoms with Gasteiger partial charge in [-0.2, -0.15) is 5.10 Å². The van der Waals surface area contributed by atoms with Crippen LogP contribution in [0.1, 0.15) is 11.1 Å². The Kier molecular flexibility index (Phi) is 7.23. The van der Waals surface area contributed by atoms with E-state index >= 15 is 0 Å². The minimum Gasteiger partial charge on any atom is -0.506 e. The van der Waals surface area contributed by atoms with E-state index in [4.69, 9.17) is 9.47 Å². The number of carbonyl (C=O) groups is 1. The largest absolute Gasteiger partial charge is 0.506 e. The Hall–Kier alpha value is -2.80. The van der Waals surface area contributed by atoms with E-state index in [0.29, 0.717) is 28.0 Å². The first-order valence-corrected chi connectivity index (χ1v) is 8.54. The van der Waals surface area contributed by atoms with E-state index in [0.717, 1.165) is 5.56 Å². The van der Waals surface area contributed by atoms with Crippen molar-refractivity contribution in [1.29, 1.82) is 0 Å². The van der Waals surface area contributed by atoms with Crippen molar-refractivity contribution in [1.82, 2.24) is 5.43 Å². The van der Waals surface area contributed by atoms with Gasteiger partial charge >= 0.3 is 0 Å². The van der Waals surface area contributed by atoms with Crippen molar-refractivity contribution in [3.63, 3.8) is 0 Å². The normalized spacial score (nSPS) is 10.5.